The average Bonchev–Trinajstić information content (AvgIpc) is 2.80. The fourth-order valence-corrected chi connectivity index (χ4v) is 3.08. The van der Waals surface area contributed by atoms with Gasteiger partial charge in [0.1, 0.15) is 5.78 Å². The van der Waals surface area contributed by atoms with Crippen molar-refractivity contribution in [3.8, 4) is 0 Å². The van der Waals surface area contributed by atoms with Gasteiger partial charge in [-0.15, -0.1) is 0 Å². The van der Waals surface area contributed by atoms with Crippen LogP contribution in [0.15, 0.2) is 35.9 Å². The average molecular weight is 358 g/mol. The molecule has 1 fully saturated rings. The summed E-state index contributed by atoms with van der Waals surface area (Å²) in [5.41, 5.74) is 2.10. The highest BCUT2D eigenvalue weighted by atomic mass is 16.7. The lowest BCUT2D eigenvalue weighted by Crippen LogP contribution is -2.41. The predicted octanol–water partition coefficient (Wildman–Crippen LogP) is 4.21. The van der Waals surface area contributed by atoms with Crippen LogP contribution in [0, 0.1) is 0 Å². The lowest BCUT2D eigenvalue weighted by molar-refractivity contribution is -0.118. The molecular formula is C21H31BO4. The van der Waals surface area contributed by atoms with Gasteiger partial charge in [-0.05, 0) is 51.6 Å². The third-order valence-electron chi connectivity index (χ3n) is 5.47. The van der Waals surface area contributed by atoms with Crippen LogP contribution in [0.3, 0.4) is 0 Å². The fourth-order valence-electron chi connectivity index (χ4n) is 3.08. The zero-order valence-corrected chi connectivity index (χ0v) is 16.7. The zero-order valence-electron chi connectivity index (χ0n) is 16.7. The number of rotatable bonds is 8. The normalized spacial score (nSPS) is 19.4. The summed E-state index contributed by atoms with van der Waals surface area (Å²) in [4.78, 5) is 11.9. The predicted molar refractivity (Wildman–Crippen MR) is 106 cm³/mol. The Labute approximate surface area is 157 Å². The maximum Gasteiger partial charge on any atom is 0.495 e. The summed E-state index contributed by atoms with van der Waals surface area (Å²) in [7, 11) is -0.513. The number of carbonyl (C=O) groups is 1. The molecule has 1 saturated heterocycles. The highest BCUT2D eigenvalue weighted by Crippen LogP contribution is 2.42. The van der Waals surface area contributed by atoms with Crippen LogP contribution in [-0.2, 0) is 14.1 Å². The molecule has 1 aliphatic rings. The van der Waals surface area contributed by atoms with Crippen molar-refractivity contribution in [3.05, 3.63) is 41.5 Å². The molecule has 0 spiro atoms. The lowest BCUT2D eigenvalue weighted by atomic mass is 9.70. The van der Waals surface area contributed by atoms with Gasteiger partial charge in [-0.3, -0.25) is 4.79 Å². The topological polar surface area (TPSA) is 55.8 Å². The molecule has 1 aliphatic heterocycles. The van der Waals surface area contributed by atoms with Crippen LogP contribution in [-0.4, -0.2) is 35.8 Å². The number of aliphatic hydroxyl groups is 1. The molecule has 26 heavy (non-hydrogen) atoms. The van der Waals surface area contributed by atoms with Crippen LogP contribution in [0.1, 0.15) is 65.9 Å². The molecule has 1 aromatic carbocycles. The second-order valence-corrected chi connectivity index (χ2v) is 7.84. The van der Waals surface area contributed by atoms with E-state index in [0.717, 1.165) is 16.6 Å². The van der Waals surface area contributed by atoms with Crippen molar-refractivity contribution < 1.29 is 19.2 Å². The number of hydrogen-bond acceptors (Lipinski definition) is 4. The Balaban J connectivity index is 2.47. The number of benzene rings is 1. The lowest BCUT2D eigenvalue weighted by Gasteiger charge is -2.32. The van der Waals surface area contributed by atoms with Crippen LogP contribution >= 0.6 is 0 Å². The van der Waals surface area contributed by atoms with E-state index in [4.69, 9.17) is 9.31 Å². The number of aliphatic hydroxyl groups excluding tert-OH is 1. The van der Waals surface area contributed by atoms with Gasteiger partial charge in [0.05, 0.1) is 11.2 Å². The van der Waals surface area contributed by atoms with Crippen molar-refractivity contribution >= 4 is 18.4 Å². The van der Waals surface area contributed by atoms with Gasteiger partial charge >= 0.3 is 7.12 Å². The van der Waals surface area contributed by atoms with Crippen LogP contribution in [0.25, 0.3) is 5.47 Å². The molecule has 0 atom stereocenters. The molecule has 5 heteroatoms. The minimum absolute atomic E-state index is 0.0332. The summed E-state index contributed by atoms with van der Waals surface area (Å²) < 4.78 is 12.6. The Morgan fingerprint density at radius 1 is 1.00 bits per heavy atom. The van der Waals surface area contributed by atoms with Crippen LogP contribution in [0.5, 0.6) is 0 Å². The van der Waals surface area contributed by atoms with Crippen molar-refractivity contribution in [2.24, 2.45) is 0 Å². The van der Waals surface area contributed by atoms with Gasteiger partial charge < -0.3 is 14.4 Å². The fraction of sp³-hybridized carbons (Fsp3) is 0.571. The summed E-state index contributed by atoms with van der Waals surface area (Å²) in [5.74, 6) is 0.224. The second-order valence-electron chi connectivity index (χ2n) is 7.84. The molecule has 0 aliphatic carbocycles. The van der Waals surface area contributed by atoms with Crippen molar-refractivity contribution in [3.63, 3.8) is 0 Å². The molecule has 4 nitrogen and oxygen atoms in total. The Morgan fingerprint density at radius 3 is 2.08 bits per heavy atom. The number of ketones is 1. The first kappa shape index (κ1) is 20.9. The van der Waals surface area contributed by atoms with Crippen molar-refractivity contribution in [1.29, 1.82) is 0 Å². The first-order valence-electron chi connectivity index (χ1n) is 9.47. The van der Waals surface area contributed by atoms with E-state index in [1.165, 1.54) is 0 Å². The minimum Gasteiger partial charge on any atom is -0.399 e. The monoisotopic (exact) mass is 358 g/mol. The highest BCUT2D eigenvalue weighted by Gasteiger charge is 2.53. The van der Waals surface area contributed by atoms with Gasteiger partial charge in [-0.25, -0.2) is 0 Å². The summed E-state index contributed by atoms with van der Waals surface area (Å²) in [5, 5.41) is 9.60. The molecule has 0 bridgehead atoms. The Bertz CT molecular complexity index is 633. The van der Waals surface area contributed by atoms with E-state index in [-0.39, 0.29) is 12.4 Å². The van der Waals surface area contributed by atoms with E-state index in [9.17, 15) is 9.90 Å². The van der Waals surface area contributed by atoms with E-state index < -0.39 is 18.3 Å². The Morgan fingerprint density at radius 2 is 1.58 bits per heavy atom. The Hall–Kier alpha value is -1.43. The molecule has 0 amide bonds. The van der Waals surface area contributed by atoms with E-state index >= 15 is 0 Å². The van der Waals surface area contributed by atoms with Crippen molar-refractivity contribution in [2.45, 2.75) is 71.5 Å². The molecule has 1 aromatic rings. The number of hydrogen-bond donors (Lipinski definition) is 1. The maximum atomic E-state index is 11.9. The molecule has 0 unspecified atom stereocenters. The smallest absolute Gasteiger partial charge is 0.399 e. The molecule has 0 aromatic heterocycles. The molecule has 142 valence electrons. The molecule has 0 saturated carbocycles. The largest absolute Gasteiger partial charge is 0.495 e. The standard InChI is InChI=1S/C21H31BO4/c1-6-18(24)13-12-17(14-15-23)19(16-10-8-7-9-11-16)22-25-20(2,3)21(4,5)26-22/h7-11,23H,6,12-15H2,1-5H3/b19-17+. The van der Waals surface area contributed by atoms with Gasteiger partial charge in [0.25, 0.3) is 0 Å². The van der Waals surface area contributed by atoms with Gasteiger partial charge in [0.15, 0.2) is 0 Å². The maximum absolute atomic E-state index is 11.9. The summed E-state index contributed by atoms with van der Waals surface area (Å²) in [6.07, 6.45) is 2.12. The first-order chi connectivity index (χ1) is 12.2. The van der Waals surface area contributed by atoms with Gasteiger partial charge in [0, 0.05) is 19.4 Å². The third-order valence-corrected chi connectivity index (χ3v) is 5.47. The molecule has 1 N–H and O–H groups in total. The molecule has 1 heterocycles. The molecular weight excluding hydrogens is 327 g/mol. The molecule has 0 radical (unpaired) electrons. The van der Waals surface area contributed by atoms with E-state index in [2.05, 4.69) is 0 Å². The highest BCUT2D eigenvalue weighted by molar-refractivity contribution is 6.69. The zero-order chi connectivity index (χ0) is 19.4. The van der Waals surface area contributed by atoms with E-state index in [0.29, 0.717) is 25.7 Å². The van der Waals surface area contributed by atoms with E-state index in [1.807, 2.05) is 65.0 Å². The molecule has 2 rings (SSSR count). The van der Waals surface area contributed by atoms with Crippen LogP contribution in [0.4, 0.5) is 0 Å². The van der Waals surface area contributed by atoms with Crippen LogP contribution in [0.2, 0.25) is 0 Å². The Kier molecular flexibility index (Phi) is 6.83. The van der Waals surface area contributed by atoms with Crippen molar-refractivity contribution in [1.82, 2.24) is 0 Å². The van der Waals surface area contributed by atoms with Gasteiger partial charge in [-0.2, -0.15) is 0 Å². The SMILES string of the molecule is CCC(=O)CC/C(CCO)=C(\B1OC(C)(C)C(C)(C)O1)c1ccccc1. The first-order valence-corrected chi connectivity index (χ1v) is 9.47. The number of Topliss-reactive ketones (excluding diaryl/α,β-unsaturated/α-hetero) is 1. The van der Waals surface area contributed by atoms with Gasteiger partial charge in [-0.1, -0.05) is 42.8 Å². The van der Waals surface area contributed by atoms with E-state index in [1.54, 1.807) is 0 Å². The minimum atomic E-state index is -0.513. The summed E-state index contributed by atoms with van der Waals surface area (Å²) >= 11 is 0. The quantitative estimate of drug-likeness (QED) is 0.707. The summed E-state index contributed by atoms with van der Waals surface area (Å²) in [6.45, 7) is 10.0. The van der Waals surface area contributed by atoms with Crippen molar-refractivity contribution in [2.75, 3.05) is 6.61 Å². The number of carbonyl (C=O) groups excluding carboxylic acids is 1. The van der Waals surface area contributed by atoms with Crippen LogP contribution < -0.4 is 0 Å². The van der Waals surface area contributed by atoms with Gasteiger partial charge in [0.2, 0.25) is 0 Å². The third kappa shape index (κ3) is 4.64. The second kappa shape index (κ2) is 8.51. The summed E-state index contributed by atoms with van der Waals surface area (Å²) in [6, 6.07) is 9.99.